The van der Waals surface area contributed by atoms with E-state index in [1.807, 2.05) is 18.1 Å². The van der Waals surface area contributed by atoms with Crippen molar-refractivity contribution >= 4 is 38.6 Å². The second kappa shape index (κ2) is 6.32. The van der Waals surface area contributed by atoms with Gasteiger partial charge in [0.15, 0.2) is 0 Å². The van der Waals surface area contributed by atoms with E-state index in [-0.39, 0.29) is 5.69 Å². The van der Waals surface area contributed by atoms with E-state index in [1.54, 1.807) is 17.4 Å². The maximum atomic E-state index is 10.7. The highest BCUT2D eigenvalue weighted by molar-refractivity contribution is 9.10. The maximum Gasteiger partial charge on any atom is 0.270 e. The molecule has 0 atom stereocenters. The minimum atomic E-state index is -0.398. The van der Waals surface area contributed by atoms with Crippen LogP contribution in [-0.2, 0) is 13.0 Å². The van der Waals surface area contributed by atoms with Gasteiger partial charge < -0.3 is 4.90 Å². The van der Waals surface area contributed by atoms with Crippen LogP contribution in [0.1, 0.15) is 16.8 Å². The summed E-state index contributed by atoms with van der Waals surface area (Å²) in [6, 6.07) is 4.79. The van der Waals surface area contributed by atoms with Gasteiger partial charge in [0.05, 0.1) is 22.2 Å². The molecule has 0 saturated heterocycles. The second-order valence-electron chi connectivity index (χ2n) is 4.32. The lowest BCUT2D eigenvalue weighted by Gasteiger charge is -2.19. The van der Waals surface area contributed by atoms with Gasteiger partial charge in [0, 0.05) is 34.7 Å². The van der Waals surface area contributed by atoms with Crippen molar-refractivity contribution in [2.45, 2.75) is 19.9 Å². The molecule has 0 N–H and O–H groups in total. The molecule has 2 aromatic rings. The number of nitro groups is 1. The number of aromatic nitrogens is 1. The summed E-state index contributed by atoms with van der Waals surface area (Å²) in [6.07, 6.45) is 2.83. The third kappa shape index (κ3) is 3.34. The van der Waals surface area contributed by atoms with Crippen LogP contribution in [0.2, 0.25) is 0 Å². The highest BCUT2D eigenvalue weighted by atomic mass is 79.9. The number of nitro benzene ring substituents is 1. The number of nitrogens with zero attached hydrogens (tertiary/aromatic N) is 3. The van der Waals surface area contributed by atoms with Crippen LogP contribution in [-0.4, -0.2) is 17.0 Å². The van der Waals surface area contributed by atoms with E-state index in [4.69, 9.17) is 0 Å². The van der Waals surface area contributed by atoms with Gasteiger partial charge in [-0.3, -0.25) is 10.1 Å². The number of rotatable bonds is 5. The van der Waals surface area contributed by atoms with Crippen molar-refractivity contribution in [3.63, 3.8) is 0 Å². The van der Waals surface area contributed by atoms with Gasteiger partial charge in [0.1, 0.15) is 0 Å². The summed E-state index contributed by atoms with van der Waals surface area (Å²) < 4.78 is 0.717. The standard InChI is InChI=1S/C13H14BrN3O2S/c1-3-13-15-7-10(20-13)8-16(2)12-5-4-9(17(18)19)6-11(12)14/h4-7H,3,8H2,1-2H3. The van der Waals surface area contributed by atoms with Crippen LogP contribution >= 0.6 is 27.3 Å². The fourth-order valence-corrected chi connectivity index (χ4v) is 3.41. The Bertz CT molecular complexity index is 630. The fraction of sp³-hybridized carbons (Fsp3) is 0.308. The van der Waals surface area contributed by atoms with E-state index in [1.165, 1.54) is 17.0 Å². The molecule has 0 radical (unpaired) electrons. The van der Waals surface area contributed by atoms with Crippen LogP contribution in [0.3, 0.4) is 0 Å². The topological polar surface area (TPSA) is 59.3 Å². The zero-order valence-electron chi connectivity index (χ0n) is 11.2. The summed E-state index contributed by atoms with van der Waals surface area (Å²) in [5, 5.41) is 11.8. The van der Waals surface area contributed by atoms with E-state index in [9.17, 15) is 10.1 Å². The monoisotopic (exact) mass is 355 g/mol. The highest BCUT2D eigenvalue weighted by Gasteiger charge is 2.13. The third-order valence-corrected chi connectivity index (χ3v) is 4.61. The molecular formula is C13H14BrN3O2S. The minimum Gasteiger partial charge on any atom is -0.368 e. The Morgan fingerprint density at radius 3 is 2.80 bits per heavy atom. The molecule has 5 nitrogen and oxygen atoms in total. The molecule has 1 aromatic carbocycles. The Hall–Kier alpha value is -1.47. The van der Waals surface area contributed by atoms with Gasteiger partial charge in [-0.05, 0) is 28.4 Å². The van der Waals surface area contributed by atoms with Gasteiger partial charge >= 0.3 is 0 Å². The summed E-state index contributed by atoms with van der Waals surface area (Å²) in [6.45, 7) is 2.81. The molecule has 0 fully saturated rings. The molecule has 106 valence electrons. The Kier molecular flexibility index (Phi) is 4.72. The third-order valence-electron chi connectivity index (χ3n) is 2.85. The first-order valence-corrected chi connectivity index (χ1v) is 7.71. The van der Waals surface area contributed by atoms with Crippen LogP contribution in [0.25, 0.3) is 0 Å². The average molecular weight is 356 g/mol. The number of hydrogen-bond acceptors (Lipinski definition) is 5. The van der Waals surface area contributed by atoms with Gasteiger partial charge in [-0.15, -0.1) is 11.3 Å². The number of hydrogen-bond donors (Lipinski definition) is 0. The van der Waals surface area contributed by atoms with Gasteiger partial charge in [-0.2, -0.15) is 0 Å². The smallest absolute Gasteiger partial charge is 0.270 e. The van der Waals surface area contributed by atoms with Crippen LogP contribution in [0, 0.1) is 10.1 Å². The van der Waals surface area contributed by atoms with Crippen molar-refractivity contribution in [3.8, 4) is 0 Å². The number of non-ortho nitro benzene ring substituents is 1. The molecule has 0 aliphatic rings. The van der Waals surface area contributed by atoms with Crippen molar-refractivity contribution in [1.82, 2.24) is 4.98 Å². The molecule has 0 unspecified atom stereocenters. The molecule has 2 rings (SSSR count). The predicted octanol–water partition coefficient (Wildman–Crippen LogP) is 4.01. The first-order valence-electron chi connectivity index (χ1n) is 6.10. The van der Waals surface area contributed by atoms with Gasteiger partial charge in [-0.25, -0.2) is 4.98 Å². The van der Waals surface area contributed by atoms with Crippen molar-refractivity contribution < 1.29 is 4.92 Å². The lowest BCUT2D eigenvalue weighted by molar-refractivity contribution is -0.384. The maximum absolute atomic E-state index is 10.7. The van der Waals surface area contributed by atoms with Crippen LogP contribution < -0.4 is 4.90 Å². The van der Waals surface area contributed by atoms with Crippen molar-refractivity contribution in [1.29, 1.82) is 0 Å². The molecule has 1 heterocycles. The highest BCUT2D eigenvalue weighted by Crippen LogP contribution is 2.30. The Labute approximate surface area is 129 Å². The predicted molar refractivity (Wildman–Crippen MR) is 84.4 cm³/mol. The Balaban J connectivity index is 2.16. The first-order chi connectivity index (χ1) is 9.51. The minimum absolute atomic E-state index is 0.0834. The normalized spacial score (nSPS) is 10.6. The molecule has 0 amide bonds. The number of aryl methyl sites for hydroxylation is 1. The van der Waals surface area contributed by atoms with E-state index in [2.05, 4.69) is 27.8 Å². The lowest BCUT2D eigenvalue weighted by atomic mass is 10.2. The molecular weight excluding hydrogens is 342 g/mol. The molecule has 0 saturated carbocycles. The van der Waals surface area contributed by atoms with Gasteiger partial charge in [0.2, 0.25) is 0 Å². The molecule has 0 aliphatic heterocycles. The summed E-state index contributed by atoms with van der Waals surface area (Å²) >= 11 is 5.08. The second-order valence-corrected chi connectivity index (χ2v) is 6.38. The number of benzene rings is 1. The molecule has 0 aliphatic carbocycles. The SMILES string of the molecule is CCc1ncc(CN(C)c2ccc([N+](=O)[O-])cc2Br)s1. The van der Waals surface area contributed by atoms with E-state index < -0.39 is 4.92 Å². The quantitative estimate of drug-likeness (QED) is 0.600. The largest absolute Gasteiger partial charge is 0.368 e. The number of anilines is 1. The number of thiazole rings is 1. The Morgan fingerprint density at radius 1 is 1.50 bits per heavy atom. The molecule has 20 heavy (non-hydrogen) atoms. The summed E-state index contributed by atoms with van der Waals surface area (Å²) in [7, 11) is 1.96. The van der Waals surface area contributed by atoms with Crippen LogP contribution in [0.4, 0.5) is 11.4 Å². The number of halogens is 1. The van der Waals surface area contributed by atoms with E-state index in [0.717, 1.165) is 28.1 Å². The fourth-order valence-electron chi connectivity index (χ4n) is 1.82. The first kappa shape index (κ1) is 14.9. The van der Waals surface area contributed by atoms with E-state index >= 15 is 0 Å². The van der Waals surface area contributed by atoms with Gasteiger partial charge in [0.25, 0.3) is 5.69 Å². The van der Waals surface area contributed by atoms with Crippen molar-refractivity contribution in [2.24, 2.45) is 0 Å². The zero-order valence-corrected chi connectivity index (χ0v) is 13.6. The lowest BCUT2D eigenvalue weighted by Crippen LogP contribution is -2.16. The molecule has 0 spiro atoms. The summed E-state index contributed by atoms with van der Waals surface area (Å²) in [4.78, 5) is 17.9. The molecule has 1 aromatic heterocycles. The summed E-state index contributed by atoms with van der Waals surface area (Å²) in [5.74, 6) is 0. The van der Waals surface area contributed by atoms with Crippen molar-refractivity contribution in [2.75, 3.05) is 11.9 Å². The molecule has 7 heteroatoms. The van der Waals surface area contributed by atoms with E-state index in [0.29, 0.717) is 0 Å². The van der Waals surface area contributed by atoms with Crippen LogP contribution in [0.5, 0.6) is 0 Å². The zero-order chi connectivity index (χ0) is 14.7. The molecule has 0 bridgehead atoms. The van der Waals surface area contributed by atoms with Crippen LogP contribution in [0.15, 0.2) is 28.9 Å². The van der Waals surface area contributed by atoms with Crippen molar-refractivity contribution in [3.05, 3.63) is 48.9 Å². The summed E-state index contributed by atoms with van der Waals surface area (Å²) in [5.41, 5.74) is 1.00. The average Bonchev–Trinajstić information content (AvgIpc) is 2.85. The Morgan fingerprint density at radius 2 is 2.25 bits per heavy atom. The van der Waals surface area contributed by atoms with Gasteiger partial charge in [-0.1, -0.05) is 6.92 Å².